The van der Waals surface area contributed by atoms with Gasteiger partial charge >= 0.3 is 0 Å². The predicted molar refractivity (Wildman–Crippen MR) is 85.0 cm³/mol. The molecule has 2 aromatic rings. The van der Waals surface area contributed by atoms with E-state index in [0.717, 1.165) is 18.5 Å². The second-order valence-corrected chi connectivity index (χ2v) is 6.11. The standard InChI is InChI=1S/C16H12BrClN2/c17-14-3-1-2-13-12(14)5-7-16(13)20-11-4-6-15(18)10(8-11)9-19/h1-4,6,8,16,20H,5,7H2. The average Bonchev–Trinajstić information content (AvgIpc) is 2.86. The van der Waals surface area contributed by atoms with Crippen LogP contribution in [0.15, 0.2) is 40.9 Å². The number of nitrogens with one attached hydrogen (secondary N) is 1. The molecule has 0 amide bonds. The summed E-state index contributed by atoms with van der Waals surface area (Å²) in [6.45, 7) is 0. The number of hydrogen-bond acceptors (Lipinski definition) is 2. The second-order valence-electron chi connectivity index (χ2n) is 4.85. The molecule has 0 fully saturated rings. The Morgan fingerprint density at radius 2 is 2.15 bits per heavy atom. The first-order chi connectivity index (χ1) is 9.69. The number of nitrogens with zero attached hydrogens (tertiary/aromatic N) is 1. The van der Waals surface area contributed by atoms with Gasteiger partial charge in [0.15, 0.2) is 0 Å². The van der Waals surface area contributed by atoms with Crippen molar-refractivity contribution in [2.24, 2.45) is 0 Å². The molecule has 1 N–H and O–H groups in total. The zero-order valence-corrected chi connectivity index (χ0v) is 13.0. The minimum Gasteiger partial charge on any atom is -0.378 e. The first kappa shape index (κ1) is 13.5. The number of benzene rings is 2. The summed E-state index contributed by atoms with van der Waals surface area (Å²) in [6.07, 6.45) is 2.12. The van der Waals surface area contributed by atoms with E-state index >= 15 is 0 Å². The van der Waals surface area contributed by atoms with Gasteiger partial charge in [-0.1, -0.05) is 39.7 Å². The van der Waals surface area contributed by atoms with Gasteiger partial charge in [0, 0.05) is 10.2 Å². The molecule has 0 heterocycles. The lowest BCUT2D eigenvalue weighted by molar-refractivity contribution is 0.762. The Labute approximate surface area is 131 Å². The number of halogens is 2. The van der Waals surface area contributed by atoms with Crippen LogP contribution in [0, 0.1) is 11.3 Å². The lowest BCUT2D eigenvalue weighted by Gasteiger charge is -2.16. The summed E-state index contributed by atoms with van der Waals surface area (Å²) >= 11 is 9.56. The summed E-state index contributed by atoms with van der Waals surface area (Å²) < 4.78 is 1.17. The Bertz CT molecular complexity index is 706. The fourth-order valence-corrected chi connectivity index (χ4v) is 3.40. The van der Waals surface area contributed by atoms with Gasteiger partial charge in [0.2, 0.25) is 0 Å². The van der Waals surface area contributed by atoms with Crippen LogP contribution < -0.4 is 5.32 Å². The molecule has 1 unspecified atom stereocenters. The van der Waals surface area contributed by atoms with E-state index in [9.17, 15) is 0 Å². The maximum atomic E-state index is 9.03. The van der Waals surface area contributed by atoms with E-state index < -0.39 is 0 Å². The number of nitriles is 1. The van der Waals surface area contributed by atoms with Crippen LogP contribution in [0.25, 0.3) is 0 Å². The van der Waals surface area contributed by atoms with E-state index in [1.165, 1.54) is 15.6 Å². The Kier molecular flexibility index (Phi) is 3.69. The van der Waals surface area contributed by atoms with Crippen LogP contribution in [0.2, 0.25) is 5.02 Å². The molecule has 1 atom stereocenters. The molecule has 2 nitrogen and oxygen atoms in total. The first-order valence-corrected chi connectivity index (χ1v) is 7.59. The molecule has 0 radical (unpaired) electrons. The van der Waals surface area contributed by atoms with E-state index in [-0.39, 0.29) is 6.04 Å². The molecular formula is C16H12BrClN2. The highest BCUT2D eigenvalue weighted by Gasteiger charge is 2.23. The van der Waals surface area contributed by atoms with E-state index in [0.29, 0.717) is 10.6 Å². The third-order valence-corrected chi connectivity index (χ3v) is 4.71. The van der Waals surface area contributed by atoms with Gasteiger partial charge in [0.25, 0.3) is 0 Å². The summed E-state index contributed by atoms with van der Waals surface area (Å²) in [4.78, 5) is 0. The third kappa shape index (κ3) is 2.42. The molecule has 20 heavy (non-hydrogen) atoms. The molecule has 0 aliphatic heterocycles. The lowest BCUT2D eigenvalue weighted by atomic mass is 10.1. The summed E-state index contributed by atoms with van der Waals surface area (Å²) in [7, 11) is 0. The quantitative estimate of drug-likeness (QED) is 0.823. The van der Waals surface area contributed by atoms with Crippen LogP contribution in [0.4, 0.5) is 5.69 Å². The fourth-order valence-electron chi connectivity index (χ4n) is 2.66. The van der Waals surface area contributed by atoms with Crippen molar-refractivity contribution in [2.75, 3.05) is 5.32 Å². The molecule has 0 saturated heterocycles. The molecule has 2 aromatic carbocycles. The molecule has 0 aromatic heterocycles. The zero-order valence-electron chi connectivity index (χ0n) is 10.7. The lowest BCUT2D eigenvalue weighted by Crippen LogP contribution is -2.07. The maximum Gasteiger partial charge on any atom is 0.101 e. The largest absolute Gasteiger partial charge is 0.378 e. The SMILES string of the molecule is N#Cc1cc(NC2CCc3c(Br)cccc32)ccc1Cl. The Hall–Kier alpha value is -1.50. The number of rotatable bonds is 2. The summed E-state index contributed by atoms with van der Waals surface area (Å²) in [5.74, 6) is 0. The van der Waals surface area contributed by atoms with Crippen LogP contribution >= 0.6 is 27.5 Å². The zero-order chi connectivity index (χ0) is 14.1. The van der Waals surface area contributed by atoms with E-state index in [1.54, 1.807) is 12.1 Å². The molecule has 1 aliphatic carbocycles. The topological polar surface area (TPSA) is 35.8 Å². The highest BCUT2D eigenvalue weighted by Crippen LogP contribution is 2.37. The van der Waals surface area contributed by atoms with Gasteiger partial charge in [-0.05, 0) is 48.2 Å². The van der Waals surface area contributed by atoms with Gasteiger partial charge in [-0.25, -0.2) is 0 Å². The Morgan fingerprint density at radius 3 is 2.95 bits per heavy atom. The van der Waals surface area contributed by atoms with Gasteiger partial charge in [-0.3, -0.25) is 0 Å². The first-order valence-electron chi connectivity index (χ1n) is 6.42. The average molecular weight is 348 g/mol. The van der Waals surface area contributed by atoms with Crippen molar-refractivity contribution >= 4 is 33.2 Å². The molecule has 0 saturated carbocycles. The Balaban J connectivity index is 1.88. The van der Waals surface area contributed by atoms with Crippen molar-refractivity contribution in [3.05, 3.63) is 62.6 Å². The smallest absolute Gasteiger partial charge is 0.101 e. The van der Waals surface area contributed by atoms with Crippen molar-refractivity contribution in [1.82, 2.24) is 0 Å². The van der Waals surface area contributed by atoms with Crippen LogP contribution in [0.3, 0.4) is 0 Å². The van der Waals surface area contributed by atoms with Gasteiger partial charge in [0.1, 0.15) is 6.07 Å². The number of hydrogen-bond donors (Lipinski definition) is 1. The summed E-state index contributed by atoms with van der Waals surface area (Å²) in [5, 5.41) is 13.0. The van der Waals surface area contributed by atoms with Gasteiger partial charge in [0.05, 0.1) is 16.6 Å². The highest BCUT2D eigenvalue weighted by molar-refractivity contribution is 9.10. The maximum absolute atomic E-state index is 9.03. The molecule has 0 spiro atoms. The second kappa shape index (κ2) is 5.47. The summed E-state index contributed by atoms with van der Waals surface area (Å²) in [5.41, 5.74) is 4.14. The molecule has 1 aliphatic rings. The van der Waals surface area contributed by atoms with E-state index in [2.05, 4.69) is 45.5 Å². The normalized spacial score (nSPS) is 16.6. The minimum atomic E-state index is 0.287. The highest BCUT2D eigenvalue weighted by atomic mass is 79.9. The van der Waals surface area contributed by atoms with Crippen LogP contribution in [-0.2, 0) is 6.42 Å². The number of anilines is 1. The van der Waals surface area contributed by atoms with Crippen molar-refractivity contribution in [2.45, 2.75) is 18.9 Å². The van der Waals surface area contributed by atoms with Crippen LogP contribution in [-0.4, -0.2) is 0 Å². The molecule has 100 valence electrons. The summed E-state index contributed by atoms with van der Waals surface area (Å²) in [6, 6.07) is 14.2. The van der Waals surface area contributed by atoms with Crippen LogP contribution in [0.1, 0.15) is 29.2 Å². The fraction of sp³-hybridized carbons (Fsp3) is 0.188. The van der Waals surface area contributed by atoms with Gasteiger partial charge in [-0.15, -0.1) is 0 Å². The monoisotopic (exact) mass is 346 g/mol. The van der Waals surface area contributed by atoms with E-state index in [1.807, 2.05) is 6.07 Å². The molecule has 4 heteroatoms. The third-order valence-electron chi connectivity index (χ3n) is 3.64. The van der Waals surface area contributed by atoms with Crippen molar-refractivity contribution in [1.29, 1.82) is 5.26 Å². The number of fused-ring (bicyclic) bond motifs is 1. The van der Waals surface area contributed by atoms with Crippen molar-refractivity contribution in [3.8, 4) is 6.07 Å². The predicted octanol–water partition coefficient (Wildman–Crippen LogP) is 5.07. The van der Waals surface area contributed by atoms with Crippen molar-refractivity contribution < 1.29 is 0 Å². The van der Waals surface area contributed by atoms with Crippen LogP contribution in [0.5, 0.6) is 0 Å². The van der Waals surface area contributed by atoms with E-state index in [4.69, 9.17) is 16.9 Å². The molecule has 3 rings (SSSR count). The van der Waals surface area contributed by atoms with Gasteiger partial charge in [-0.2, -0.15) is 5.26 Å². The Morgan fingerprint density at radius 1 is 1.30 bits per heavy atom. The van der Waals surface area contributed by atoms with Gasteiger partial charge < -0.3 is 5.32 Å². The molecular weight excluding hydrogens is 336 g/mol. The minimum absolute atomic E-state index is 0.287. The van der Waals surface area contributed by atoms with Crippen molar-refractivity contribution in [3.63, 3.8) is 0 Å². The molecule has 0 bridgehead atoms.